The van der Waals surface area contributed by atoms with Crippen molar-refractivity contribution in [2.75, 3.05) is 13.1 Å². The van der Waals surface area contributed by atoms with Crippen LogP contribution in [0.15, 0.2) is 72.9 Å². The van der Waals surface area contributed by atoms with Crippen LogP contribution in [0.2, 0.25) is 5.02 Å². The number of carbonyl (C=O) groups is 2. The van der Waals surface area contributed by atoms with Gasteiger partial charge in [0.05, 0.1) is 29.0 Å². The number of ketones is 1. The molecule has 6 nitrogen and oxygen atoms in total. The number of halogens is 2. The summed E-state index contributed by atoms with van der Waals surface area (Å²) in [4.78, 5) is 34.7. The van der Waals surface area contributed by atoms with E-state index in [0.717, 1.165) is 22.6 Å². The summed E-state index contributed by atoms with van der Waals surface area (Å²) in [5.41, 5.74) is 3.79. The van der Waals surface area contributed by atoms with E-state index in [4.69, 9.17) is 16.6 Å². The predicted octanol–water partition coefficient (Wildman–Crippen LogP) is 4.85. The lowest BCUT2D eigenvalue weighted by atomic mass is 9.89. The molecule has 2 atom stereocenters. The molecular weight excluding hydrogens is 479 g/mol. The van der Waals surface area contributed by atoms with E-state index in [1.54, 1.807) is 17.0 Å². The molecule has 182 valence electrons. The highest BCUT2D eigenvalue weighted by Gasteiger charge is 2.44. The Kier molecular flexibility index (Phi) is 5.82. The maximum atomic E-state index is 14.4. The summed E-state index contributed by atoms with van der Waals surface area (Å²) in [5, 5.41) is 0.664. The molecule has 0 N–H and O–H groups in total. The molecule has 2 bridgehead atoms. The Hall–Kier alpha value is -3.55. The van der Waals surface area contributed by atoms with Crippen molar-refractivity contribution in [2.45, 2.75) is 31.5 Å². The van der Waals surface area contributed by atoms with Gasteiger partial charge in [-0.05, 0) is 36.4 Å². The van der Waals surface area contributed by atoms with Crippen molar-refractivity contribution < 1.29 is 14.0 Å². The van der Waals surface area contributed by atoms with Gasteiger partial charge >= 0.3 is 0 Å². The summed E-state index contributed by atoms with van der Waals surface area (Å²) in [6.45, 7) is 1.66. The number of pyridine rings is 1. The Balaban J connectivity index is 1.32. The van der Waals surface area contributed by atoms with Gasteiger partial charge in [-0.1, -0.05) is 41.9 Å². The minimum Gasteiger partial charge on any atom is -0.329 e. The number of piperazine rings is 1. The number of aromatic nitrogens is 2. The number of rotatable bonds is 4. The molecule has 4 heterocycles. The largest absolute Gasteiger partial charge is 0.329 e. The van der Waals surface area contributed by atoms with Crippen LogP contribution in [0.25, 0.3) is 16.9 Å². The highest BCUT2D eigenvalue weighted by Crippen LogP contribution is 2.32. The van der Waals surface area contributed by atoms with Crippen molar-refractivity contribution in [3.8, 4) is 11.3 Å². The van der Waals surface area contributed by atoms with E-state index in [1.807, 2.05) is 48.7 Å². The summed E-state index contributed by atoms with van der Waals surface area (Å²) >= 11 is 6.12. The van der Waals surface area contributed by atoms with Crippen LogP contribution in [-0.2, 0) is 11.3 Å². The van der Waals surface area contributed by atoms with Crippen LogP contribution < -0.4 is 0 Å². The van der Waals surface area contributed by atoms with Gasteiger partial charge in [0.1, 0.15) is 17.2 Å². The highest BCUT2D eigenvalue weighted by molar-refractivity contribution is 6.30. The Morgan fingerprint density at radius 2 is 1.67 bits per heavy atom. The van der Waals surface area contributed by atoms with Crippen LogP contribution in [0.1, 0.15) is 28.9 Å². The first-order valence-electron chi connectivity index (χ1n) is 12.0. The second-order valence-electron chi connectivity index (χ2n) is 9.48. The van der Waals surface area contributed by atoms with Crippen LogP contribution in [0.4, 0.5) is 4.39 Å². The molecular formula is C28H24ClFN4O2. The van der Waals surface area contributed by atoms with Crippen molar-refractivity contribution >= 4 is 28.9 Å². The van der Waals surface area contributed by atoms with Gasteiger partial charge in [0, 0.05) is 49.3 Å². The third-order valence-electron chi connectivity index (χ3n) is 7.11. The van der Waals surface area contributed by atoms with E-state index in [-0.39, 0.29) is 42.2 Å². The minimum atomic E-state index is -0.535. The number of benzene rings is 2. The van der Waals surface area contributed by atoms with Gasteiger partial charge in [0.15, 0.2) is 0 Å². The lowest BCUT2D eigenvalue weighted by molar-refractivity contribution is -0.127. The fraction of sp³-hybridized carbons (Fsp3) is 0.250. The fourth-order valence-corrected chi connectivity index (χ4v) is 5.69. The molecule has 2 aliphatic heterocycles. The average molecular weight is 503 g/mol. The van der Waals surface area contributed by atoms with Gasteiger partial charge in [0.25, 0.3) is 5.91 Å². The summed E-state index contributed by atoms with van der Waals surface area (Å²) in [6.07, 6.45) is 2.56. The van der Waals surface area contributed by atoms with Crippen molar-refractivity contribution in [3.63, 3.8) is 0 Å². The molecule has 2 aromatic carbocycles. The fourth-order valence-electron chi connectivity index (χ4n) is 5.56. The topological polar surface area (TPSA) is 57.9 Å². The summed E-state index contributed by atoms with van der Waals surface area (Å²) in [5.74, 6) is -0.724. The van der Waals surface area contributed by atoms with Gasteiger partial charge in [-0.25, -0.2) is 9.37 Å². The summed E-state index contributed by atoms with van der Waals surface area (Å²) in [7, 11) is 0. The van der Waals surface area contributed by atoms with Gasteiger partial charge in [-0.15, -0.1) is 0 Å². The number of likely N-dealkylation sites (tertiary alicyclic amines) is 1. The van der Waals surface area contributed by atoms with E-state index in [9.17, 15) is 14.0 Å². The maximum Gasteiger partial charge on any atom is 0.257 e. The highest BCUT2D eigenvalue weighted by atomic mass is 35.5. The van der Waals surface area contributed by atoms with E-state index in [2.05, 4.69) is 9.30 Å². The Bertz CT molecular complexity index is 1450. The van der Waals surface area contributed by atoms with Crippen LogP contribution in [0.5, 0.6) is 0 Å². The molecule has 2 aromatic heterocycles. The van der Waals surface area contributed by atoms with Crippen LogP contribution in [0, 0.1) is 5.82 Å². The number of Topliss-reactive ketones (excluding diaryl/α,β-unsaturated/α-hetero) is 1. The van der Waals surface area contributed by atoms with E-state index < -0.39 is 5.82 Å². The second-order valence-corrected chi connectivity index (χ2v) is 9.92. The molecule has 0 spiro atoms. The number of fused-ring (bicyclic) bond motifs is 3. The van der Waals surface area contributed by atoms with Crippen LogP contribution >= 0.6 is 11.6 Å². The van der Waals surface area contributed by atoms with Gasteiger partial charge in [-0.2, -0.15) is 0 Å². The molecule has 36 heavy (non-hydrogen) atoms. The van der Waals surface area contributed by atoms with Crippen molar-refractivity contribution in [1.82, 2.24) is 19.2 Å². The quantitative estimate of drug-likeness (QED) is 0.400. The third-order valence-corrected chi connectivity index (χ3v) is 7.36. The molecule has 2 fully saturated rings. The molecule has 2 aliphatic rings. The molecule has 0 radical (unpaired) electrons. The smallest absolute Gasteiger partial charge is 0.257 e. The lowest BCUT2D eigenvalue weighted by Crippen LogP contribution is -2.64. The third kappa shape index (κ3) is 4.08. The van der Waals surface area contributed by atoms with Gasteiger partial charge < -0.3 is 9.30 Å². The zero-order chi connectivity index (χ0) is 24.8. The maximum absolute atomic E-state index is 14.4. The van der Waals surface area contributed by atoms with Gasteiger partial charge in [-0.3, -0.25) is 14.5 Å². The van der Waals surface area contributed by atoms with Crippen LogP contribution in [-0.4, -0.2) is 56.0 Å². The molecule has 6 rings (SSSR count). The number of hydrogen-bond acceptors (Lipinski definition) is 4. The molecule has 0 saturated carbocycles. The number of carbonyl (C=O) groups excluding carboxylic acids is 2. The average Bonchev–Trinajstić information content (AvgIpc) is 3.22. The predicted molar refractivity (Wildman–Crippen MR) is 135 cm³/mol. The Morgan fingerprint density at radius 3 is 2.39 bits per heavy atom. The van der Waals surface area contributed by atoms with Crippen molar-refractivity contribution in [2.24, 2.45) is 0 Å². The minimum absolute atomic E-state index is 0.0575. The van der Waals surface area contributed by atoms with E-state index in [1.165, 1.54) is 12.1 Å². The summed E-state index contributed by atoms with van der Waals surface area (Å²) in [6, 6.07) is 19.0. The normalized spacial score (nSPS) is 20.2. The Labute approximate surface area is 212 Å². The lowest BCUT2D eigenvalue weighted by Gasteiger charge is -2.49. The zero-order valence-electron chi connectivity index (χ0n) is 19.5. The molecule has 1 amide bonds. The molecule has 4 aromatic rings. The summed E-state index contributed by atoms with van der Waals surface area (Å²) < 4.78 is 16.5. The number of imidazole rings is 1. The molecule has 0 aliphatic carbocycles. The molecule has 8 heteroatoms. The van der Waals surface area contributed by atoms with Crippen LogP contribution in [0.3, 0.4) is 0 Å². The number of hydrogen-bond donors (Lipinski definition) is 0. The monoisotopic (exact) mass is 502 g/mol. The standard InChI is InChI=1S/C28H24ClFN4O2/c29-19-10-8-18(9-11-19)27-25(33-12-4-3-7-26(33)31-27)17-32-15-20-13-22(35)14-21(16-32)34(20)28(36)23-5-1-2-6-24(23)30/h1-12,20-21H,13-17H2. The van der Waals surface area contributed by atoms with Gasteiger partial charge in [0.2, 0.25) is 0 Å². The second kappa shape index (κ2) is 9.15. The first-order valence-corrected chi connectivity index (χ1v) is 12.4. The number of piperidine rings is 1. The first-order chi connectivity index (χ1) is 17.5. The molecule has 2 saturated heterocycles. The number of nitrogens with zero attached hydrogens (tertiary/aromatic N) is 4. The van der Waals surface area contributed by atoms with Crippen molar-refractivity contribution in [1.29, 1.82) is 0 Å². The zero-order valence-corrected chi connectivity index (χ0v) is 20.2. The first kappa shape index (κ1) is 22.9. The van der Waals surface area contributed by atoms with E-state index in [0.29, 0.717) is 24.7 Å². The number of amides is 1. The Morgan fingerprint density at radius 1 is 0.972 bits per heavy atom. The van der Waals surface area contributed by atoms with E-state index >= 15 is 0 Å². The van der Waals surface area contributed by atoms with Crippen molar-refractivity contribution in [3.05, 3.63) is 95.0 Å². The molecule has 2 unspecified atom stereocenters. The SMILES string of the molecule is O=C1CC2CN(Cc3c(-c4ccc(Cl)cc4)nc4ccccn34)CC(C1)N2C(=O)c1ccccc1F.